The van der Waals surface area contributed by atoms with Crippen molar-refractivity contribution in [1.82, 2.24) is 15.0 Å². The molecule has 0 amide bonds. The average Bonchev–Trinajstić information content (AvgIpc) is 3.39. The summed E-state index contributed by atoms with van der Waals surface area (Å²) in [5.41, 5.74) is 16.3. The van der Waals surface area contributed by atoms with Gasteiger partial charge in [-0.15, -0.1) is 52.1 Å². The van der Waals surface area contributed by atoms with Crippen LogP contribution in [0.15, 0.2) is 225 Å². The molecule has 10 aromatic rings. The Morgan fingerprint density at radius 3 is 1.50 bits per heavy atom. The summed E-state index contributed by atoms with van der Waals surface area (Å²) in [6, 6.07) is 85.2. The van der Waals surface area contributed by atoms with Crippen molar-refractivity contribution in [2.75, 3.05) is 0 Å². The van der Waals surface area contributed by atoms with Crippen molar-refractivity contribution in [2.24, 2.45) is 0 Å². The molecule has 0 aliphatic rings. The van der Waals surface area contributed by atoms with Gasteiger partial charge < -0.3 is 0 Å². The monoisotopic (exact) mass is 1030 g/mol. The molecule has 0 spiro atoms. The van der Waals surface area contributed by atoms with Crippen LogP contribution in [-0.2, 0) is 30.9 Å². The minimum absolute atomic E-state index is 0. The van der Waals surface area contributed by atoms with Crippen molar-refractivity contribution in [2.45, 2.75) is 31.6 Å². The van der Waals surface area contributed by atoms with E-state index in [0.717, 1.165) is 72.8 Å². The van der Waals surface area contributed by atoms with E-state index < -0.39 is 10.8 Å². The Labute approximate surface area is 402 Å². The van der Waals surface area contributed by atoms with Crippen LogP contribution in [0.2, 0.25) is 0 Å². The molecule has 0 N–H and O–H groups in total. The number of hydrogen-bond donors (Lipinski definition) is 0. The second-order valence-corrected chi connectivity index (χ2v) is 16.8. The fourth-order valence-corrected chi connectivity index (χ4v) is 9.17. The average molecular weight is 1030 g/mol. The van der Waals surface area contributed by atoms with E-state index in [1.54, 1.807) is 0 Å². The van der Waals surface area contributed by atoms with Crippen LogP contribution in [-0.4, -0.2) is 15.0 Å². The molecule has 318 valence electrons. The van der Waals surface area contributed by atoms with Gasteiger partial charge in [0.25, 0.3) is 0 Å². The molecule has 0 saturated carbocycles. The van der Waals surface area contributed by atoms with Gasteiger partial charge in [-0.05, 0) is 95.2 Å². The molecule has 0 bridgehead atoms. The van der Waals surface area contributed by atoms with Gasteiger partial charge in [0.1, 0.15) is 0 Å². The van der Waals surface area contributed by atoms with E-state index in [1.165, 1.54) is 22.3 Å². The van der Waals surface area contributed by atoms with Crippen LogP contribution in [0.25, 0.3) is 55.8 Å². The number of aromatic nitrogens is 3. The fraction of sp³-hybridized carbons (Fsp3) is 0.0806. The van der Waals surface area contributed by atoms with Crippen LogP contribution in [0.3, 0.4) is 0 Å². The number of hydrogen-bond acceptors (Lipinski definition) is 3. The molecule has 0 aliphatic heterocycles. The quantitative estimate of drug-likeness (QED) is 0.121. The predicted molar refractivity (Wildman–Crippen MR) is 265 cm³/mol. The Bertz CT molecular complexity index is 3150. The fourth-order valence-electron chi connectivity index (χ4n) is 9.17. The standard InChI is InChI=1S/C62H46N3.Ir/c1-44-56(50-21-9-5-10-22-50)43-57(65-60(44)62(3,53-25-11-6-12-26-53)59-30-14-16-40-64-59)52-24-18-28-55(42-52)61(2,58-29-13-15-39-63-58)54-27-17-23-51(41-54)49-37-35-48(36-38-49)47-33-31-46(32-34-47)45-19-7-4-8-20-45;/h4-25,28-41,43H,1-3H3;/q-3;+3. The third-order valence-electron chi connectivity index (χ3n) is 12.9. The molecule has 0 fully saturated rings. The Balaban J connectivity index is 0.00000548. The smallest absolute Gasteiger partial charge is 0.300 e. The van der Waals surface area contributed by atoms with Crippen molar-refractivity contribution in [3.8, 4) is 55.8 Å². The van der Waals surface area contributed by atoms with Gasteiger partial charge in [0.05, 0.1) is 16.8 Å². The number of rotatable bonds is 11. The van der Waals surface area contributed by atoms with Gasteiger partial charge in [0.15, 0.2) is 0 Å². The first-order valence-electron chi connectivity index (χ1n) is 22.1. The van der Waals surface area contributed by atoms with Gasteiger partial charge in [-0.25, -0.2) is 0 Å². The maximum absolute atomic E-state index is 5.61. The first kappa shape index (κ1) is 43.9. The summed E-state index contributed by atoms with van der Waals surface area (Å²) >= 11 is 0. The third-order valence-corrected chi connectivity index (χ3v) is 12.9. The maximum Gasteiger partial charge on any atom is 3.00 e. The van der Waals surface area contributed by atoms with Gasteiger partial charge in [0, 0.05) is 23.5 Å². The summed E-state index contributed by atoms with van der Waals surface area (Å²) in [5, 5.41) is 0. The second-order valence-electron chi connectivity index (χ2n) is 16.8. The zero-order valence-electron chi connectivity index (χ0n) is 37.0. The molecule has 0 radical (unpaired) electrons. The molecule has 3 nitrogen and oxygen atoms in total. The zero-order valence-corrected chi connectivity index (χ0v) is 39.4. The van der Waals surface area contributed by atoms with E-state index in [2.05, 4.69) is 215 Å². The number of nitrogens with zero attached hydrogens (tertiary/aromatic N) is 3. The first-order valence-corrected chi connectivity index (χ1v) is 22.1. The van der Waals surface area contributed by atoms with Crippen LogP contribution < -0.4 is 0 Å². The second kappa shape index (κ2) is 19.0. The van der Waals surface area contributed by atoms with Crippen LogP contribution in [0, 0.1) is 25.1 Å². The molecule has 0 aliphatic carbocycles. The molecule has 66 heavy (non-hydrogen) atoms. The first-order chi connectivity index (χ1) is 31.9. The minimum Gasteiger partial charge on any atom is -0.300 e. The summed E-state index contributed by atoms with van der Waals surface area (Å²) in [6.07, 6.45) is 3.72. The Kier molecular flexibility index (Phi) is 12.6. The van der Waals surface area contributed by atoms with Gasteiger partial charge in [-0.2, -0.15) is 54.6 Å². The molecular formula is C62H46IrN3. The summed E-state index contributed by atoms with van der Waals surface area (Å²) < 4.78 is 0. The topological polar surface area (TPSA) is 38.7 Å². The van der Waals surface area contributed by atoms with Crippen molar-refractivity contribution >= 4 is 0 Å². The zero-order chi connectivity index (χ0) is 44.2. The van der Waals surface area contributed by atoms with Crippen LogP contribution in [0.5, 0.6) is 0 Å². The molecule has 2 atom stereocenters. The van der Waals surface area contributed by atoms with E-state index in [4.69, 9.17) is 15.0 Å². The molecule has 10 rings (SSSR count). The Morgan fingerprint density at radius 1 is 0.409 bits per heavy atom. The Hall–Kier alpha value is -7.36. The van der Waals surface area contributed by atoms with Crippen molar-refractivity contribution < 1.29 is 20.1 Å². The summed E-state index contributed by atoms with van der Waals surface area (Å²) in [5.74, 6) is 0. The molecule has 4 heteroatoms. The Morgan fingerprint density at radius 2 is 0.924 bits per heavy atom. The number of pyridine rings is 3. The molecule has 3 heterocycles. The van der Waals surface area contributed by atoms with Crippen molar-refractivity contribution in [3.05, 3.63) is 282 Å². The summed E-state index contributed by atoms with van der Waals surface area (Å²) in [7, 11) is 0. The van der Waals surface area contributed by atoms with Gasteiger partial charge in [-0.3, -0.25) is 15.0 Å². The van der Waals surface area contributed by atoms with Gasteiger partial charge in [-0.1, -0.05) is 127 Å². The van der Waals surface area contributed by atoms with Crippen molar-refractivity contribution in [1.29, 1.82) is 0 Å². The third kappa shape index (κ3) is 8.38. The molecule has 0 saturated heterocycles. The summed E-state index contributed by atoms with van der Waals surface area (Å²) in [6.45, 7) is 6.62. The minimum atomic E-state index is -0.717. The van der Waals surface area contributed by atoms with E-state index >= 15 is 0 Å². The molecule has 2 unspecified atom stereocenters. The largest absolute Gasteiger partial charge is 3.00 e. The maximum atomic E-state index is 5.61. The SMILES string of the molecule is Cc1c(-c2ccccc2)cc(-c2[c-]c(C(C)(c3[c-]ccc(-c4ccc(-c5ccc(-c6ccccc6)cc5)cc4)c3)c3ccccn3)ccc2)nc1C(C)(c1[c-]cccc1)c1ccccn1.[Ir+3]. The molecular weight excluding hydrogens is 979 g/mol. The molecule has 7 aromatic carbocycles. The normalized spacial score (nSPS) is 12.9. The molecule has 3 aromatic heterocycles. The van der Waals surface area contributed by atoms with Crippen LogP contribution in [0.1, 0.15) is 53.2 Å². The van der Waals surface area contributed by atoms with Crippen LogP contribution >= 0.6 is 0 Å². The van der Waals surface area contributed by atoms with E-state index in [-0.39, 0.29) is 20.1 Å². The summed E-state index contributed by atoms with van der Waals surface area (Å²) in [4.78, 5) is 15.5. The van der Waals surface area contributed by atoms with E-state index in [1.807, 2.05) is 48.8 Å². The van der Waals surface area contributed by atoms with Gasteiger partial charge in [0.2, 0.25) is 0 Å². The predicted octanol–water partition coefficient (Wildman–Crippen LogP) is 14.6. The van der Waals surface area contributed by atoms with Gasteiger partial charge >= 0.3 is 20.1 Å². The van der Waals surface area contributed by atoms with E-state index in [9.17, 15) is 0 Å². The number of benzene rings is 7. The van der Waals surface area contributed by atoms with Crippen molar-refractivity contribution in [3.63, 3.8) is 0 Å². The van der Waals surface area contributed by atoms with Crippen LogP contribution in [0.4, 0.5) is 0 Å². The van der Waals surface area contributed by atoms with E-state index in [0.29, 0.717) is 0 Å².